The number of ether oxygens (including phenoxy) is 1. The van der Waals surface area contributed by atoms with E-state index in [1.807, 2.05) is 25.7 Å². The maximum absolute atomic E-state index is 5.60. The van der Waals surface area contributed by atoms with Gasteiger partial charge in [-0.3, -0.25) is 0 Å². The highest BCUT2D eigenvalue weighted by Crippen LogP contribution is 2.36. The van der Waals surface area contributed by atoms with E-state index in [1.165, 1.54) is 17.5 Å². The van der Waals surface area contributed by atoms with Gasteiger partial charge >= 0.3 is 0 Å². The second kappa shape index (κ2) is 5.78. The quantitative estimate of drug-likeness (QED) is 0.890. The van der Waals surface area contributed by atoms with E-state index in [0.717, 1.165) is 18.1 Å². The Kier molecular flexibility index (Phi) is 4.35. The van der Waals surface area contributed by atoms with Gasteiger partial charge in [-0.15, -0.1) is 0 Å². The summed E-state index contributed by atoms with van der Waals surface area (Å²) in [6.07, 6.45) is 1.18. The van der Waals surface area contributed by atoms with E-state index in [2.05, 4.69) is 30.4 Å². The maximum Gasteiger partial charge on any atom is 0.119 e. The molecule has 1 heterocycles. The van der Waals surface area contributed by atoms with Crippen LogP contribution in [0, 0.1) is 0 Å². The van der Waals surface area contributed by atoms with Crippen molar-refractivity contribution in [3.05, 3.63) is 29.3 Å². The van der Waals surface area contributed by atoms with Gasteiger partial charge in [0.15, 0.2) is 0 Å². The number of hydrogen-bond donors (Lipinski definition) is 1. The van der Waals surface area contributed by atoms with Gasteiger partial charge in [0.05, 0.1) is 6.61 Å². The number of hydrogen-bond acceptors (Lipinski definition) is 3. The Balaban J connectivity index is 2.32. The fraction of sp³-hybridized carbons (Fsp3) is 0.571. The first kappa shape index (κ1) is 12.8. The van der Waals surface area contributed by atoms with Crippen molar-refractivity contribution in [2.75, 3.05) is 13.7 Å². The molecule has 1 aliphatic rings. The van der Waals surface area contributed by atoms with Crippen molar-refractivity contribution in [1.29, 1.82) is 0 Å². The Bertz CT molecular complexity index is 380. The minimum Gasteiger partial charge on any atom is -0.494 e. The fourth-order valence-electron chi connectivity index (χ4n) is 2.32. The highest BCUT2D eigenvalue weighted by Gasteiger charge is 2.21. The molecule has 0 radical (unpaired) electrons. The number of thioether (sulfide) groups is 1. The largest absolute Gasteiger partial charge is 0.494 e. The molecule has 1 aromatic rings. The molecule has 1 N–H and O–H groups in total. The highest BCUT2D eigenvalue weighted by atomic mass is 32.2. The van der Waals surface area contributed by atoms with Gasteiger partial charge < -0.3 is 10.1 Å². The van der Waals surface area contributed by atoms with Gasteiger partial charge in [-0.2, -0.15) is 11.8 Å². The highest BCUT2D eigenvalue weighted by molar-refractivity contribution is 7.99. The molecule has 2 unspecified atom stereocenters. The van der Waals surface area contributed by atoms with Crippen LogP contribution < -0.4 is 10.1 Å². The molecular formula is C14H21NOS. The average Bonchev–Trinajstić information content (AvgIpc) is 2.49. The van der Waals surface area contributed by atoms with Gasteiger partial charge in [-0.1, -0.05) is 13.0 Å². The molecule has 0 saturated carbocycles. The molecule has 0 bridgehead atoms. The van der Waals surface area contributed by atoms with Crippen molar-refractivity contribution in [3.63, 3.8) is 0 Å². The van der Waals surface area contributed by atoms with Crippen LogP contribution >= 0.6 is 11.8 Å². The molecule has 1 aromatic carbocycles. The Morgan fingerprint density at radius 3 is 3.00 bits per heavy atom. The van der Waals surface area contributed by atoms with Crippen LogP contribution in [0.2, 0.25) is 0 Å². The molecule has 0 spiro atoms. The Labute approximate surface area is 108 Å². The third kappa shape index (κ3) is 2.96. The number of fused-ring (bicyclic) bond motifs is 1. The smallest absolute Gasteiger partial charge is 0.119 e. The lowest BCUT2D eigenvalue weighted by atomic mass is 9.97. The molecule has 2 nitrogen and oxygen atoms in total. The second-order valence-electron chi connectivity index (χ2n) is 4.49. The van der Waals surface area contributed by atoms with E-state index < -0.39 is 0 Å². The monoisotopic (exact) mass is 251 g/mol. The molecule has 2 rings (SSSR count). The van der Waals surface area contributed by atoms with Crippen LogP contribution in [0.25, 0.3) is 0 Å². The van der Waals surface area contributed by atoms with Crippen molar-refractivity contribution in [3.8, 4) is 5.75 Å². The molecule has 0 fully saturated rings. The first-order chi connectivity index (χ1) is 8.24. The summed E-state index contributed by atoms with van der Waals surface area (Å²) in [5, 5.41) is 4.14. The van der Waals surface area contributed by atoms with E-state index in [-0.39, 0.29) is 0 Å². The molecule has 0 saturated heterocycles. The van der Waals surface area contributed by atoms with Gasteiger partial charge in [0, 0.05) is 17.0 Å². The Morgan fingerprint density at radius 1 is 1.47 bits per heavy atom. The number of rotatable bonds is 3. The fourth-order valence-corrected chi connectivity index (χ4v) is 3.37. The van der Waals surface area contributed by atoms with Crippen LogP contribution in [0.3, 0.4) is 0 Å². The summed E-state index contributed by atoms with van der Waals surface area (Å²) >= 11 is 2.04. The van der Waals surface area contributed by atoms with E-state index in [4.69, 9.17) is 4.74 Å². The molecule has 3 heteroatoms. The van der Waals surface area contributed by atoms with E-state index in [9.17, 15) is 0 Å². The van der Waals surface area contributed by atoms with Crippen LogP contribution in [0.5, 0.6) is 5.75 Å². The predicted molar refractivity (Wildman–Crippen MR) is 74.8 cm³/mol. The van der Waals surface area contributed by atoms with Crippen molar-refractivity contribution < 1.29 is 4.74 Å². The minimum absolute atomic E-state index is 0.454. The lowest BCUT2D eigenvalue weighted by Gasteiger charge is -2.19. The summed E-state index contributed by atoms with van der Waals surface area (Å²) in [5.41, 5.74) is 2.86. The third-order valence-electron chi connectivity index (χ3n) is 3.24. The summed E-state index contributed by atoms with van der Waals surface area (Å²) < 4.78 is 5.60. The number of nitrogens with one attached hydrogen (secondary N) is 1. The standard InChI is InChI=1S/C14H21NOS/c1-4-16-12-6-5-11-9-17-10(2)7-14(15-3)13(11)8-12/h5-6,8,10,14-15H,4,7,9H2,1-3H3. The van der Waals surface area contributed by atoms with Crippen LogP contribution in [-0.4, -0.2) is 18.9 Å². The summed E-state index contributed by atoms with van der Waals surface area (Å²) in [4.78, 5) is 0. The molecule has 0 amide bonds. The summed E-state index contributed by atoms with van der Waals surface area (Å²) in [6, 6.07) is 6.97. The zero-order chi connectivity index (χ0) is 12.3. The van der Waals surface area contributed by atoms with E-state index in [0.29, 0.717) is 11.3 Å². The van der Waals surface area contributed by atoms with E-state index in [1.54, 1.807) is 0 Å². The molecule has 0 aromatic heterocycles. The third-order valence-corrected chi connectivity index (χ3v) is 4.48. The van der Waals surface area contributed by atoms with Crippen LogP contribution in [0.1, 0.15) is 37.4 Å². The average molecular weight is 251 g/mol. The summed E-state index contributed by atoms with van der Waals surface area (Å²) in [7, 11) is 2.05. The molecule has 1 aliphatic heterocycles. The van der Waals surface area contributed by atoms with Crippen LogP contribution in [0.4, 0.5) is 0 Å². The van der Waals surface area contributed by atoms with Gasteiger partial charge in [-0.25, -0.2) is 0 Å². The van der Waals surface area contributed by atoms with Crippen molar-refractivity contribution >= 4 is 11.8 Å². The molecule has 0 aliphatic carbocycles. The Morgan fingerprint density at radius 2 is 2.29 bits per heavy atom. The first-order valence-electron chi connectivity index (χ1n) is 6.29. The molecule has 17 heavy (non-hydrogen) atoms. The number of benzene rings is 1. The minimum atomic E-state index is 0.454. The topological polar surface area (TPSA) is 21.3 Å². The molecular weight excluding hydrogens is 230 g/mol. The Hall–Kier alpha value is -0.670. The summed E-state index contributed by atoms with van der Waals surface area (Å²) in [5.74, 6) is 2.10. The lowest BCUT2D eigenvalue weighted by Crippen LogP contribution is -2.19. The zero-order valence-electron chi connectivity index (χ0n) is 10.8. The first-order valence-corrected chi connectivity index (χ1v) is 7.34. The molecule has 2 atom stereocenters. The van der Waals surface area contributed by atoms with Crippen LogP contribution in [0.15, 0.2) is 18.2 Å². The SMILES string of the molecule is CCOc1ccc2c(c1)C(NC)CC(C)SC2. The molecule has 94 valence electrons. The van der Waals surface area contributed by atoms with Gasteiger partial charge in [0.2, 0.25) is 0 Å². The van der Waals surface area contributed by atoms with Crippen LogP contribution in [-0.2, 0) is 5.75 Å². The van der Waals surface area contributed by atoms with Crippen molar-refractivity contribution in [2.45, 2.75) is 37.3 Å². The van der Waals surface area contributed by atoms with Gasteiger partial charge in [0.25, 0.3) is 0 Å². The van der Waals surface area contributed by atoms with Gasteiger partial charge in [-0.05, 0) is 43.7 Å². The lowest BCUT2D eigenvalue weighted by molar-refractivity contribution is 0.339. The normalized spacial score (nSPS) is 23.9. The maximum atomic E-state index is 5.60. The second-order valence-corrected chi connectivity index (χ2v) is 5.92. The van der Waals surface area contributed by atoms with E-state index >= 15 is 0 Å². The summed E-state index contributed by atoms with van der Waals surface area (Å²) in [6.45, 7) is 5.07. The van der Waals surface area contributed by atoms with Crippen molar-refractivity contribution in [1.82, 2.24) is 5.32 Å². The zero-order valence-corrected chi connectivity index (χ0v) is 11.6. The predicted octanol–water partition coefficient (Wildman–Crippen LogP) is 3.37. The van der Waals surface area contributed by atoms with Crippen molar-refractivity contribution in [2.24, 2.45) is 0 Å². The van der Waals surface area contributed by atoms with Gasteiger partial charge in [0.1, 0.15) is 5.75 Å².